The smallest absolute Gasteiger partial charge is 0.254 e. The summed E-state index contributed by atoms with van der Waals surface area (Å²) in [6.07, 6.45) is 2.90. The fourth-order valence-corrected chi connectivity index (χ4v) is 3.77. The van der Waals surface area contributed by atoms with E-state index in [9.17, 15) is 18.4 Å². The Balaban J connectivity index is 1.41. The van der Waals surface area contributed by atoms with Crippen LogP contribution in [0.15, 0.2) is 48.7 Å². The molecular formula is C21H18ClF2N3O2S. The first-order chi connectivity index (χ1) is 14.4. The van der Waals surface area contributed by atoms with E-state index in [2.05, 4.69) is 15.6 Å². The van der Waals surface area contributed by atoms with E-state index >= 15 is 0 Å². The van der Waals surface area contributed by atoms with Gasteiger partial charge in [-0.25, -0.2) is 13.8 Å². The zero-order valence-corrected chi connectivity index (χ0v) is 17.3. The first-order valence-corrected chi connectivity index (χ1v) is 10.3. The van der Waals surface area contributed by atoms with Crippen LogP contribution in [0, 0.1) is 11.6 Å². The maximum absolute atomic E-state index is 13.6. The highest BCUT2D eigenvalue weighted by molar-refractivity contribution is 7.15. The SMILES string of the molecule is O=C(CCCNC(=O)c1ccc(F)cc1F)Nc1ncc(Cc2cccc(Cl)c2)s1. The Hall–Kier alpha value is -2.84. The summed E-state index contributed by atoms with van der Waals surface area (Å²) in [5.41, 5.74) is 0.813. The van der Waals surface area contributed by atoms with Gasteiger partial charge in [-0.2, -0.15) is 0 Å². The van der Waals surface area contributed by atoms with Crippen LogP contribution in [0.5, 0.6) is 0 Å². The zero-order chi connectivity index (χ0) is 21.5. The number of nitrogens with one attached hydrogen (secondary N) is 2. The second-order valence-electron chi connectivity index (χ2n) is 6.47. The van der Waals surface area contributed by atoms with E-state index in [1.165, 1.54) is 11.3 Å². The van der Waals surface area contributed by atoms with Gasteiger partial charge in [0.25, 0.3) is 5.91 Å². The minimum Gasteiger partial charge on any atom is -0.352 e. The van der Waals surface area contributed by atoms with Crippen molar-refractivity contribution < 1.29 is 18.4 Å². The molecule has 0 aliphatic rings. The average molecular weight is 450 g/mol. The molecule has 0 fully saturated rings. The van der Waals surface area contributed by atoms with Gasteiger partial charge in [0.05, 0.1) is 5.56 Å². The molecule has 9 heteroatoms. The largest absolute Gasteiger partial charge is 0.352 e. The number of benzene rings is 2. The molecule has 3 rings (SSSR count). The maximum Gasteiger partial charge on any atom is 0.254 e. The summed E-state index contributed by atoms with van der Waals surface area (Å²) in [4.78, 5) is 29.1. The van der Waals surface area contributed by atoms with Crippen molar-refractivity contribution in [1.29, 1.82) is 0 Å². The Labute approximate surface area is 181 Å². The van der Waals surface area contributed by atoms with Crippen molar-refractivity contribution >= 4 is 39.9 Å². The normalized spacial score (nSPS) is 10.6. The highest BCUT2D eigenvalue weighted by Crippen LogP contribution is 2.22. The van der Waals surface area contributed by atoms with Gasteiger partial charge in [0.1, 0.15) is 11.6 Å². The topological polar surface area (TPSA) is 71.1 Å². The Kier molecular flexibility index (Phi) is 7.48. The van der Waals surface area contributed by atoms with E-state index in [1.54, 1.807) is 6.20 Å². The van der Waals surface area contributed by atoms with Gasteiger partial charge in [0, 0.05) is 41.5 Å². The number of thiazole rings is 1. The molecule has 0 atom stereocenters. The lowest BCUT2D eigenvalue weighted by Gasteiger charge is -2.06. The average Bonchev–Trinajstić information content (AvgIpc) is 3.11. The Morgan fingerprint density at radius 1 is 1.13 bits per heavy atom. The van der Waals surface area contributed by atoms with Crippen LogP contribution in [0.3, 0.4) is 0 Å². The number of rotatable bonds is 8. The molecule has 2 aromatic carbocycles. The molecule has 0 aliphatic heterocycles. The van der Waals surface area contributed by atoms with Crippen LogP contribution in [-0.2, 0) is 11.2 Å². The summed E-state index contributed by atoms with van der Waals surface area (Å²) in [5.74, 6) is -2.57. The standard InChI is InChI=1S/C21H18ClF2N3O2S/c22-14-4-1-3-13(9-14)10-16-12-26-21(30-16)27-19(28)5-2-8-25-20(29)17-7-6-15(23)11-18(17)24/h1,3-4,6-7,9,11-12H,2,5,8,10H2,(H,25,29)(H,26,27,28). The lowest BCUT2D eigenvalue weighted by Crippen LogP contribution is -2.26. The van der Waals surface area contributed by atoms with Gasteiger partial charge in [-0.3, -0.25) is 9.59 Å². The number of halogens is 3. The second-order valence-corrected chi connectivity index (χ2v) is 8.02. The van der Waals surface area contributed by atoms with Gasteiger partial charge in [0.2, 0.25) is 5.91 Å². The molecular weight excluding hydrogens is 432 g/mol. The van der Waals surface area contributed by atoms with Crippen molar-refractivity contribution in [3.63, 3.8) is 0 Å². The lowest BCUT2D eigenvalue weighted by atomic mass is 10.1. The number of hydrogen-bond donors (Lipinski definition) is 2. The molecule has 0 bridgehead atoms. The fraction of sp³-hybridized carbons (Fsp3) is 0.190. The van der Waals surface area contributed by atoms with Crippen molar-refractivity contribution in [3.8, 4) is 0 Å². The molecule has 0 saturated carbocycles. The summed E-state index contributed by atoms with van der Waals surface area (Å²) in [5, 5.41) is 6.39. The minimum atomic E-state index is -0.928. The van der Waals surface area contributed by atoms with E-state index in [4.69, 9.17) is 11.6 Å². The number of nitrogens with zero attached hydrogens (tertiary/aromatic N) is 1. The highest BCUT2D eigenvalue weighted by Gasteiger charge is 2.12. The van der Waals surface area contributed by atoms with Crippen molar-refractivity contribution in [2.75, 3.05) is 11.9 Å². The van der Waals surface area contributed by atoms with E-state index in [0.29, 0.717) is 29.1 Å². The van der Waals surface area contributed by atoms with Gasteiger partial charge in [-0.1, -0.05) is 23.7 Å². The maximum atomic E-state index is 13.6. The van der Waals surface area contributed by atoms with E-state index in [-0.39, 0.29) is 24.4 Å². The predicted octanol–water partition coefficient (Wildman–Crippen LogP) is 4.81. The number of hydrogen-bond acceptors (Lipinski definition) is 4. The summed E-state index contributed by atoms with van der Waals surface area (Å²) in [7, 11) is 0. The van der Waals surface area contributed by atoms with Crippen LogP contribution in [0.4, 0.5) is 13.9 Å². The quantitative estimate of drug-likeness (QED) is 0.484. The summed E-state index contributed by atoms with van der Waals surface area (Å²) >= 11 is 7.36. The van der Waals surface area contributed by atoms with Crippen LogP contribution in [0.1, 0.15) is 33.6 Å². The summed E-state index contributed by atoms with van der Waals surface area (Å²) in [6, 6.07) is 10.3. The number of aromatic nitrogens is 1. The molecule has 0 radical (unpaired) electrons. The Morgan fingerprint density at radius 2 is 1.97 bits per heavy atom. The van der Waals surface area contributed by atoms with Gasteiger partial charge in [-0.15, -0.1) is 11.3 Å². The van der Waals surface area contributed by atoms with Crippen LogP contribution in [0.2, 0.25) is 5.02 Å². The van der Waals surface area contributed by atoms with Crippen molar-refractivity contribution in [2.24, 2.45) is 0 Å². The second kappa shape index (κ2) is 10.3. The van der Waals surface area contributed by atoms with Gasteiger partial charge in [-0.05, 0) is 36.2 Å². The van der Waals surface area contributed by atoms with Crippen LogP contribution >= 0.6 is 22.9 Å². The predicted molar refractivity (Wildman–Crippen MR) is 113 cm³/mol. The molecule has 0 saturated heterocycles. The molecule has 5 nitrogen and oxygen atoms in total. The highest BCUT2D eigenvalue weighted by atomic mass is 35.5. The number of carbonyl (C=O) groups is 2. The lowest BCUT2D eigenvalue weighted by molar-refractivity contribution is -0.116. The molecule has 2 amide bonds. The Morgan fingerprint density at radius 3 is 2.73 bits per heavy atom. The molecule has 1 heterocycles. The van der Waals surface area contributed by atoms with E-state index < -0.39 is 17.5 Å². The first-order valence-electron chi connectivity index (χ1n) is 9.13. The molecule has 1 aromatic heterocycles. The summed E-state index contributed by atoms with van der Waals surface area (Å²) in [6.45, 7) is 0.182. The van der Waals surface area contributed by atoms with Gasteiger partial charge < -0.3 is 10.6 Å². The number of carbonyl (C=O) groups excluding carboxylic acids is 2. The van der Waals surface area contributed by atoms with Crippen LogP contribution < -0.4 is 10.6 Å². The molecule has 3 aromatic rings. The molecule has 30 heavy (non-hydrogen) atoms. The van der Waals surface area contributed by atoms with Crippen molar-refractivity contribution in [3.05, 3.63) is 81.3 Å². The van der Waals surface area contributed by atoms with Crippen molar-refractivity contribution in [2.45, 2.75) is 19.3 Å². The zero-order valence-electron chi connectivity index (χ0n) is 15.8. The third kappa shape index (κ3) is 6.33. The molecule has 0 aliphatic carbocycles. The third-order valence-electron chi connectivity index (χ3n) is 4.11. The molecule has 0 spiro atoms. The van der Waals surface area contributed by atoms with Crippen LogP contribution in [-0.4, -0.2) is 23.3 Å². The fourth-order valence-electron chi connectivity index (χ4n) is 2.70. The summed E-state index contributed by atoms with van der Waals surface area (Å²) < 4.78 is 26.4. The minimum absolute atomic E-state index is 0.162. The molecule has 0 unspecified atom stereocenters. The monoisotopic (exact) mass is 449 g/mol. The van der Waals surface area contributed by atoms with Crippen molar-refractivity contribution in [1.82, 2.24) is 10.3 Å². The third-order valence-corrected chi connectivity index (χ3v) is 5.26. The molecule has 2 N–H and O–H groups in total. The van der Waals surface area contributed by atoms with E-state index in [0.717, 1.165) is 22.6 Å². The van der Waals surface area contributed by atoms with Gasteiger partial charge in [0.15, 0.2) is 5.13 Å². The number of amides is 2. The molecule has 156 valence electrons. The van der Waals surface area contributed by atoms with E-state index in [1.807, 2.05) is 24.3 Å². The Bertz CT molecular complexity index is 1060. The van der Waals surface area contributed by atoms with Gasteiger partial charge >= 0.3 is 0 Å². The number of anilines is 1. The first kappa shape index (κ1) is 21.9. The van der Waals surface area contributed by atoms with Crippen LogP contribution in [0.25, 0.3) is 0 Å².